The van der Waals surface area contributed by atoms with Crippen molar-refractivity contribution in [1.82, 2.24) is 15.0 Å². The number of carbonyl (C=O) groups is 2. The summed E-state index contributed by atoms with van der Waals surface area (Å²) in [6.45, 7) is 5.57. The van der Waals surface area contributed by atoms with Gasteiger partial charge >= 0.3 is 5.97 Å². The van der Waals surface area contributed by atoms with E-state index in [1.165, 1.54) is 4.80 Å². The number of nitrogens with zero attached hydrogens (tertiary/aromatic N) is 4. The Hall–Kier alpha value is -3.48. The minimum atomic E-state index is -0.950. The molecule has 7 heteroatoms. The largest absolute Gasteiger partial charge is 0.448 e. The Bertz CT molecular complexity index is 954. The van der Waals surface area contributed by atoms with Gasteiger partial charge in [0.1, 0.15) is 0 Å². The standard InChI is InChI=1S/C21H22N4O3/c1-4-24(17-11-7-5-8-12-17)20(26)16(3)28-21(27)19-15(2)22-25(23-19)18-13-9-6-10-14-18/h5-14,16H,4H2,1-3H3/t16-/m1/s1. The number of likely N-dealkylation sites (N-methyl/N-ethyl adjacent to an activating group) is 1. The van der Waals surface area contributed by atoms with Crippen LogP contribution in [0.5, 0.6) is 0 Å². The number of hydrogen-bond donors (Lipinski definition) is 0. The number of carbonyl (C=O) groups excluding carboxylic acids is 2. The number of para-hydroxylation sites is 2. The second-order valence-corrected chi connectivity index (χ2v) is 6.22. The Kier molecular flexibility index (Phi) is 5.84. The maximum Gasteiger partial charge on any atom is 0.361 e. The summed E-state index contributed by atoms with van der Waals surface area (Å²) in [7, 11) is 0. The molecule has 3 aromatic rings. The first-order chi connectivity index (χ1) is 13.5. The number of esters is 1. The number of anilines is 1. The molecule has 7 nitrogen and oxygen atoms in total. The second kappa shape index (κ2) is 8.47. The first-order valence-corrected chi connectivity index (χ1v) is 9.08. The fourth-order valence-corrected chi connectivity index (χ4v) is 2.80. The van der Waals surface area contributed by atoms with Gasteiger partial charge in [0.2, 0.25) is 0 Å². The zero-order valence-corrected chi connectivity index (χ0v) is 16.1. The lowest BCUT2D eigenvalue weighted by Gasteiger charge is -2.24. The molecule has 1 amide bonds. The molecule has 0 aliphatic heterocycles. The predicted molar refractivity (Wildman–Crippen MR) is 105 cm³/mol. The van der Waals surface area contributed by atoms with Gasteiger partial charge in [-0.2, -0.15) is 9.90 Å². The van der Waals surface area contributed by atoms with Gasteiger partial charge in [-0.15, -0.1) is 5.10 Å². The minimum Gasteiger partial charge on any atom is -0.448 e. The van der Waals surface area contributed by atoms with Gasteiger partial charge < -0.3 is 9.64 Å². The van der Waals surface area contributed by atoms with Gasteiger partial charge in [-0.1, -0.05) is 36.4 Å². The normalized spacial score (nSPS) is 11.7. The quantitative estimate of drug-likeness (QED) is 0.616. The summed E-state index contributed by atoms with van der Waals surface area (Å²) >= 11 is 0. The minimum absolute atomic E-state index is 0.0891. The molecule has 2 aromatic carbocycles. The molecule has 1 atom stereocenters. The maximum atomic E-state index is 12.8. The monoisotopic (exact) mass is 378 g/mol. The molecule has 0 fully saturated rings. The van der Waals surface area contributed by atoms with Gasteiger partial charge in [-0.05, 0) is 45.0 Å². The summed E-state index contributed by atoms with van der Waals surface area (Å²) in [6.07, 6.45) is -0.950. The van der Waals surface area contributed by atoms with Crippen LogP contribution in [0.2, 0.25) is 0 Å². The predicted octanol–water partition coefficient (Wildman–Crippen LogP) is 3.17. The second-order valence-electron chi connectivity index (χ2n) is 6.22. The lowest BCUT2D eigenvalue weighted by molar-refractivity contribution is -0.126. The zero-order chi connectivity index (χ0) is 20.1. The molecule has 0 saturated carbocycles. The van der Waals surface area contributed by atoms with E-state index in [1.807, 2.05) is 67.6 Å². The van der Waals surface area contributed by atoms with Gasteiger partial charge in [-0.25, -0.2) is 4.79 Å². The Morgan fingerprint density at radius 2 is 1.64 bits per heavy atom. The lowest BCUT2D eigenvalue weighted by Crippen LogP contribution is -2.40. The molecule has 0 aliphatic rings. The van der Waals surface area contributed by atoms with Crippen molar-refractivity contribution in [1.29, 1.82) is 0 Å². The van der Waals surface area contributed by atoms with Crippen LogP contribution in [-0.2, 0) is 9.53 Å². The van der Waals surface area contributed by atoms with Crippen LogP contribution in [0, 0.1) is 6.92 Å². The Morgan fingerprint density at radius 3 is 2.25 bits per heavy atom. The first kappa shape index (κ1) is 19.3. The van der Waals surface area contributed by atoms with Gasteiger partial charge in [0.25, 0.3) is 5.91 Å². The summed E-state index contributed by atoms with van der Waals surface area (Å²) in [5.41, 5.74) is 2.01. The van der Waals surface area contributed by atoms with Gasteiger partial charge in [0.05, 0.1) is 11.4 Å². The highest BCUT2D eigenvalue weighted by atomic mass is 16.5. The number of hydrogen-bond acceptors (Lipinski definition) is 5. The molecule has 144 valence electrons. The van der Waals surface area contributed by atoms with Crippen molar-refractivity contribution in [3.63, 3.8) is 0 Å². The van der Waals surface area contributed by atoms with Crippen molar-refractivity contribution < 1.29 is 14.3 Å². The van der Waals surface area contributed by atoms with Crippen molar-refractivity contribution in [2.24, 2.45) is 0 Å². The third-order valence-corrected chi connectivity index (χ3v) is 4.24. The molecule has 3 rings (SSSR count). The highest BCUT2D eigenvalue weighted by Gasteiger charge is 2.27. The Morgan fingerprint density at radius 1 is 1.04 bits per heavy atom. The highest BCUT2D eigenvalue weighted by molar-refractivity contribution is 5.98. The van der Waals surface area contributed by atoms with E-state index < -0.39 is 12.1 Å². The molecule has 1 aromatic heterocycles. The molecule has 0 saturated heterocycles. The summed E-state index contributed by atoms with van der Waals surface area (Å²) in [6, 6.07) is 18.5. The molecular weight excluding hydrogens is 356 g/mol. The van der Waals surface area contributed by atoms with Gasteiger partial charge in [0, 0.05) is 12.2 Å². The highest BCUT2D eigenvalue weighted by Crippen LogP contribution is 2.16. The Balaban J connectivity index is 1.74. The number of aromatic nitrogens is 3. The van der Waals surface area contributed by atoms with E-state index in [-0.39, 0.29) is 11.6 Å². The van der Waals surface area contributed by atoms with E-state index in [2.05, 4.69) is 10.2 Å². The smallest absolute Gasteiger partial charge is 0.361 e. The van der Waals surface area contributed by atoms with Crippen LogP contribution in [0.1, 0.15) is 30.0 Å². The number of aryl methyl sites for hydroxylation is 1. The Labute approximate surface area is 163 Å². The molecule has 1 heterocycles. The number of rotatable bonds is 6. The average Bonchev–Trinajstić information content (AvgIpc) is 3.11. The van der Waals surface area contributed by atoms with Crippen molar-refractivity contribution in [3.05, 3.63) is 72.1 Å². The number of amides is 1. The van der Waals surface area contributed by atoms with Crippen LogP contribution in [0.25, 0.3) is 5.69 Å². The molecule has 28 heavy (non-hydrogen) atoms. The van der Waals surface area contributed by atoms with E-state index in [4.69, 9.17) is 4.74 Å². The molecule has 0 unspecified atom stereocenters. The lowest BCUT2D eigenvalue weighted by atomic mass is 10.2. The third kappa shape index (κ3) is 4.09. The summed E-state index contributed by atoms with van der Waals surface area (Å²) in [5.74, 6) is -0.972. The zero-order valence-electron chi connectivity index (χ0n) is 16.1. The van der Waals surface area contributed by atoms with Crippen LogP contribution in [0.4, 0.5) is 5.69 Å². The molecule has 0 radical (unpaired) electrons. The molecule has 0 N–H and O–H groups in total. The molecule has 0 bridgehead atoms. The SMILES string of the molecule is CCN(C(=O)[C@@H](C)OC(=O)c1nn(-c2ccccc2)nc1C)c1ccccc1. The van der Waals surface area contributed by atoms with Crippen LogP contribution >= 0.6 is 0 Å². The van der Waals surface area contributed by atoms with Crippen LogP contribution in [0.15, 0.2) is 60.7 Å². The van der Waals surface area contributed by atoms with Crippen LogP contribution < -0.4 is 4.90 Å². The average molecular weight is 378 g/mol. The number of benzene rings is 2. The summed E-state index contributed by atoms with van der Waals surface area (Å²) in [4.78, 5) is 28.3. The molecular formula is C21H22N4O3. The van der Waals surface area contributed by atoms with Crippen LogP contribution in [-0.4, -0.2) is 39.5 Å². The van der Waals surface area contributed by atoms with Crippen molar-refractivity contribution in [2.75, 3.05) is 11.4 Å². The van der Waals surface area contributed by atoms with E-state index in [0.29, 0.717) is 12.2 Å². The fourth-order valence-electron chi connectivity index (χ4n) is 2.80. The van der Waals surface area contributed by atoms with Crippen LogP contribution in [0.3, 0.4) is 0 Å². The molecule has 0 spiro atoms. The fraction of sp³-hybridized carbons (Fsp3) is 0.238. The van der Waals surface area contributed by atoms with Crippen molar-refractivity contribution in [3.8, 4) is 5.69 Å². The first-order valence-electron chi connectivity index (χ1n) is 9.08. The summed E-state index contributed by atoms with van der Waals surface area (Å²) < 4.78 is 5.39. The van der Waals surface area contributed by atoms with Crippen molar-refractivity contribution >= 4 is 17.6 Å². The van der Waals surface area contributed by atoms with Gasteiger partial charge in [-0.3, -0.25) is 4.79 Å². The number of ether oxygens (including phenoxy) is 1. The van der Waals surface area contributed by atoms with E-state index >= 15 is 0 Å². The van der Waals surface area contributed by atoms with E-state index in [0.717, 1.165) is 11.4 Å². The van der Waals surface area contributed by atoms with Gasteiger partial charge in [0.15, 0.2) is 11.8 Å². The summed E-state index contributed by atoms with van der Waals surface area (Å²) in [5, 5.41) is 8.48. The van der Waals surface area contributed by atoms with E-state index in [9.17, 15) is 9.59 Å². The topological polar surface area (TPSA) is 77.3 Å². The third-order valence-electron chi connectivity index (χ3n) is 4.24. The maximum absolute atomic E-state index is 12.8. The molecule has 0 aliphatic carbocycles. The van der Waals surface area contributed by atoms with E-state index in [1.54, 1.807) is 18.7 Å². The van der Waals surface area contributed by atoms with Crippen molar-refractivity contribution in [2.45, 2.75) is 26.9 Å².